The van der Waals surface area contributed by atoms with Gasteiger partial charge in [0.2, 0.25) is 0 Å². The zero-order chi connectivity index (χ0) is 10.8. The van der Waals surface area contributed by atoms with Crippen LogP contribution in [0.2, 0.25) is 0 Å². The first-order chi connectivity index (χ1) is 7.31. The molecule has 1 heterocycles. The summed E-state index contributed by atoms with van der Waals surface area (Å²) in [5, 5.41) is 2.94. The van der Waals surface area contributed by atoms with E-state index < -0.39 is 0 Å². The monoisotopic (exact) mass is 224 g/mol. The topological polar surface area (TPSA) is 27.7 Å². The molecule has 0 radical (unpaired) electrons. The first kappa shape index (κ1) is 10.1. The lowest BCUT2D eigenvalue weighted by molar-refractivity contribution is 0.356. The van der Waals surface area contributed by atoms with Crippen molar-refractivity contribution < 1.29 is 14.2 Å². The van der Waals surface area contributed by atoms with Crippen LogP contribution < -0.4 is 14.2 Å². The Kier molecular flexibility index (Phi) is 2.68. The van der Waals surface area contributed by atoms with Crippen molar-refractivity contribution in [3.05, 3.63) is 17.5 Å². The molecule has 0 aliphatic carbocycles. The van der Waals surface area contributed by atoms with Gasteiger partial charge in [0.25, 0.3) is 0 Å². The minimum Gasteiger partial charge on any atom is -0.495 e. The van der Waals surface area contributed by atoms with E-state index >= 15 is 0 Å². The predicted molar refractivity (Wildman–Crippen MR) is 61.5 cm³/mol. The second kappa shape index (κ2) is 3.98. The number of hydrogen-bond donors (Lipinski definition) is 0. The minimum absolute atomic E-state index is 0.724. The van der Waals surface area contributed by atoms with Crippen molar-refractivity contribution in [2.24, 2.45) is 0 Å². The molecule has 0 fully saturated rings. The fourth-order valence-corrected chi connectivity index (χ4v) is 2.47. The van der Waals surface area contributed by atoms with Crippen molar-refractivity contribution in [1.29, 1.82) is 0 Å². The summed E-state index contributed by atoms with van der Waals surface area (Å²) >= 11 is 1.63. The molecule has 80 valence electrons. The van der Waals surface area contributed by atoms with Crippen LogP contribution in [0.5, 0.6) is 17.2 Å². The SMILES string of the molecule is COc1ccc2scc(OC)c2c1OC. The Labute approximate surface area is 92.2 Å². The zero-order valence-corrected chi connectivity index (χ0v) is 9.68. The van der Waals surface area contributed by atoms with Crippen molar-refractivity contribution in [2.45, 2.75) is 0 Å². The van der Waals surface area contributed by atoms with Gasteiger partial charge in [-0.1, -0.05) is 0 Å². The van der Waals surface area contributed by atoms with Crippen molar-refractivity contribution in [1.82, 2.24) is 0 Å². The molecule has 0 saturated carbocycles. The van der Waals surface area contributed by atoms with Gasteiger partial charge in [-0.15, -0.1) is 11.3 Å². The highest BCUT2D eigenvalue weighted by atomic mass is 32.1. The molecule has 2 rings (SSSR count). The molecule has 0 spiro atoms. The molecule has 1 aromatic carbocycles. The molecule has 1 aromatic heterocycles. The van der Waals surface area contributed by atoms with Gasteiger partial charge in [0, 0.05) is 10.1 Å². The normalized spacial score (nSPS) is 10.3. The fraction of sp³-hybridized carbons (Fsp3) is 0.273. The summed E-state index contributed by atoms with van der Waals surface area (Å²) in [5.41, 5.74) is 0. The summed E-state index contributed by atoms with van der Waals surface area (Å²) in [7, 11) is 4.91. The first-order valence-electron chi connectivity index (χ1n) is 4.48. The standard InChI is InChI=1S/C11H12O3S/c1-12-7-4-5-9-10(11(7)14-3)8(13-2)6-15-9/h4-6H,1-3H3. The van der Waals surface area contributed by atoms with Crippen LogP contribution in [0.15, 0.2) is 17.5 Å². The largest absolute Gasteiger partial charge is 0.495 e. The van der Waals surface area contributed by atoms with E-state index in [0.29, 0.717) is 0 Å². The average Bonchev–Trinajstić information content (AvgIpc) is 2.70. The van der Waals surface area contributed by atoms with Gasteiger partial charge in [-0.05, 0) is 12.1 Å². The molecule has 0 atom stereocenters. The third-order valence-electron chi connectivity index (χ3n) is 2.27. The van der Waals surface area contributed by atoms with Crippen molar-refractivity contribution in [3.8, 4) is 17.2 Å². The maximum atomic E-state index is 5.35. The molecule has 0 aliphatic rings. The van der Waals surface area contributed by atoms with Gasteiger partial charge in [0.15, 0.2) is 11.5 Å². The van der Waals surface area contributed by atoms with Crippen molar-refractivity contribution in [3.63, 3.8) is 0 Å². The van der Waals surface area contributed by atoms with Crippen LogP contribution in [0.25, 0.3) is 10.1 Å². The van der Waals surface area contributed by atoms with Crippen LogP contribution in [-0.4, -0.2) is 21.3 Å². The Bertz CT molecular complexity index is 476. The van der Waals surface area contributed by atoms with Gasteiger partial charge in [-0.2, -0.15) is 0 Å². The number of benzene rings is 1. The Balaban J connectivity index is 2.77. The lowest BCUT2D eigenvalue weighted by Crippen LogP contribution is -1.91. The Morgan fingerprint density at radius 3 is 2.27 bits per heavy atom. The van der Waals surface area contributed by atoms with Crippen LogP contribution in [-0.2, 0) is 0 Å². The quantitative estimate of drug-likeness (QED) is 0.802. The molecule has 0 N–H and O–H groups in total. The van der Waals surface area contributed by atoms with E-state index in [0.717, 1.165) is 27.3 Å². The van der Waals surface area contributed by atoms with E-state index in [1.165, 1.54) is 0 Å². The van der Waals surface area contributed by atoms with Gasteiger partial charge in [0.1, 0.15) is 5.75 Å². The minimum atomic E-state index is 0.724. The molecule has 0 saturated heterocycles. The van der Waals surface area contributed by atoms with Crippen LogP contribution in [0.4, 0.5) is 0 Å². The third-order valence-corrected chi connectivity index (χ3v) is 3.19. The number of thiophene rings is 1. The summed E-state index contributed by atoms with van der Waals surface area (Å²) < 4.78 is 17.0. The summed E-state index contributed by atoms with van der Waals surface area (Å²) in [6.07, 6.45) is 0. The Hall–Kier alpha value is -1.42. The summed E-state index contributed by atoms with van der Waals surface area (Å²) in [6, 6.07) is 3.90. The van der Waals surface area contributed by atoms with Gasteiger partial charge in [0.05, 0.1) is 26.7 Å². The van der Waals surface area contributed by atoms with E-state index in [-0.39, 0.29) is 0 Å². The Morgan fingerprint density at radius 2 is 1.67 bits per heavy atom. The molecule has 0 amide bonds. The number of hydrogen-bond acceptors (Lipinski definition) is 4. The van der Waals surface area contributed by atoms with E-state index in [9.17, 15) is 0 Å². The highest BCUT2D eigenvalue weighted by Gasteiger charge is 2.14. The van der Waals surface area contributed by atoms with Crippen LogP contribution in [0.3, 0.4) is 0 Å². The molecule has 2 aromatic rings. The third kappa shape index (κ3) is 1.51. The molecule has 15 heavy (non-hydrogen) atoms. The van der Waals surface area contributed by atoms with Crippen LogP contribution >= 0.6 is 11.3 Å². The molecule has 4 heteroatoms. The Morgan fingerprint density at radius 1 is 0.933 bits per heavy atom. The number of fused-ring (bicyclic) bond motifs is 1. The molecule has 0 bridgehead atoms. The van der Waals surface area contributed by atoms with Crippen LogP contribution in [0.1, 0.15) is 0 Å². The summed E-state index contributed by atoms with van der Waals surface area (Å²) in [4.78, 5) is 0. The fourth-order valence-electron chi connectivity index (χ4n) is 1.57. The second-order valence-corrected chi connectivity index (χ2v) is 3.89. The van der Waals surface area contributed by atoms with E-state index in [4.69, 9.17) is 14.2 Å². The molecule has 0 aliphatic heterocycles. The van der Waals surface area contributed by atoms with E-state index in [1.54, 1.807) is 32.7 Å². The predicted octanol–water partition coefficient (Wildman–Crippen LogP) is 2.93. The molecule has 0 unspecified atom stereocenters. The smallest absolute Gasteiger partial charge is 0.173 e. The first-order valence-corrected chi connectivity index (χ1v) is 5.36. The van der Waals surface area contributed by atoms with Gasteiger partial charge in [-0.3, -0.25) is 0 Å². The summed E-state index contributed by atoms with van der Waals surface area (Å²) in [6.45, 7) is 0. The van der Waals surface area contributed by atoms with Crippen LogP contribution in [0, 0.1) is 0 Å². The summed E-state index contributed by atoms with van der Waals surface area (Å²) in [5.74, 6) is 2.28. The van der Waals surface area contributed by atoms with E-state index in [1.807, 2.05) is 17.5 Å². The molecular formula is C11H12O3S. The van der Waals surface area contributed by atoms with Gasteiger partial charge < -0.3 is 14.2 Å². The maximum Gasteiger partial charge on any atom is 0.173 e. The lowest BCUT2D eigenvalue weighted by Gasteiger charge is -2.09. The van der Waals surface area contributed by atoms with Gasteiger partial charge >= 0.3 is 0 Å². The van der Waals surface area contributed by atoms with E-state index in [2.05, 4.69) is 0 Å². The highest BCUT2D eigenvalue weighted by molar-refractivity contribution is 7.17. The lowest BCUT2D eigenvalue weighted by atomic mass is 10.2. The van der Waals surface area contributed by atoms with Crippen molar-refractivity contribution >= 4 is 21.4 Å². The number of ether oxygens (including phenoxy) is 3. The number of methoxy groups -OCH3 is 3. The zero-order valence-electron chi connectivity index (χ0n) is 8.87. The maximum absolute atomic E-state index is 5.35. The number of rotatable bonds is 3. The molecular weight excluding hydrogens is 212 g/mol. The molecule has 3 nitrogen and oxygen atoms in total. The van der Waals surface area contributed by atoms with Crippen molar-refractivity contribution in [2.75, 3.05) is 21.3 Å². The second-order valence-electron chi connectivity index (χ2n) is 2.98. The highest BCUT2D eigenvalue weighted by Crippen LogP contribution is 2.43. The van der Waals surface area contributed by atoms with Gasteiger partial charge in [-0.25, -0.2) is 0 Å². The average molecular weight is 224 g/mol.